The molecule has 0 saturated heterocycles. The molecule has 5 rings (SSSR count). The summed E-state index contributed by atoms with van der Waals surface area (Å²) in [6, 6.07) is 12.3. The molecule has 0 spiro atoms. The molecule has 1 aliphatic carbocycles. The van der Waals surface area contributed by atoms with E-state index in [4.69, 9.17) is 4.98 Å². The van der Waals surface area contributed by atoms with Crippen molar-refractivity contribution in [2.75, 3.05) is 11.1 Å². The quantitative estimate of drug-likeness (QED) is 0.144. The molecular weight excluding hydrogens is 508 g/mol. The van der Waals surface area contributed by atoms with Crippen LogP contribution in [-0.2, 0) is 17.6 Å². The number of amides is 1. The second-order valence-electron chi connectivity index (χ2n) is 9.47. The number of nitro benzene ring substituents is 1. The van der Waals surface area contributed by atoms with Crippen molar-refractivity contribution in [2.24, 2.45) is 5.92 Å². The molecule has 0 saturated carbocycles. The number of aromatic nitrogens is 2. The van der Waals surface area contributed by atoms with Gasteiger partial charge in [-0.05, 0) is 67.9 Å². The van der Waals surface area contributed by atoms with Crippen molar-refractivity contribution in [1.29, 1.82) is 0 Å². The molecule has 2 aromatic carbocycles. The maximum absolute atomic E-state index is 13.9. The number of thiophene rings is 1. The van der Waals surface area contributed by atoms with Crippen molar-refractivity contribution < 1.29 is 9.72 Å². The van der Waals surface area contributed by atoms with E-state index in [1.807, 2.05) is 31.2 Å². The average molecular weight is 535 g/mol. The Hall–Kier alpha value is -3.50. The van der Waals surface area contributed by atoms with E-state index in [1.54, 1.807) is 28.9 Å². The van der Waals surface area contributed by atoms with Crippen molar-refractivity contribution in [3.63, 3.8) is 0 Å². The highest BCUT2D eigenvalue weighted by Gasteiger charge is 2.26. The number of hydrogen-bond donors (Lipinski definition) is 1. The minimum absolute atomic E-state index is 0.0585. The number of thioether (sulfide) groups is 1. The summed E-state index contributed by atoms with van der Waals surface area (Å²) in [5.41, 5.74) is 3.34. The molecule has 0 radical (unpaired) electrons. The first-order valence-electron chi connectivity index (χ1n) is 12.0. The molecule has 2 heterocycles. The van der Waals surface area contributed by atoms with Gasteiger partial charge >= 0.3 is 0 Å². The number of nitrogens with zero attached hydrogens (tertiary/aromatic N) is 3. The summed E-state index contributed by atoms with van der Waals surface area (Å²) >= 11 is 2.72. The third kappa shape index (κ3) is 4.91. The van der Waals surface area contributed by atoms with E-state index in [0.717, 1.165) is 53.4 Å². The number of rotatable bonds is 6. The predicted octanol–water partition coefficient (Wildman–Crippen LogP) is 5.83. The zero-order valence-electron chi connectivity index (χ0n) is 20.7. The van der Waals surface area contributed by atoms with Crippen LogP contribution in [0.4, 0.5) is 11.4 Å². The molecule has 0 aliphatic heterocycles. The van der Waals surface area contributed by atoms with E-state index >= 15 is 0 Å². The van der Waals surface area contributed by atoms with Crippen LogP contribution in [0.15, 0.2) is 52.4 Å². The van der Waals surface area contributed by atoms with Crippen LogP contribution >= 0.6 is 23.1 Å². The Bertz CT molecular complexity index is 1610. The summed E-state index contributed by atoms with van der Waals surface area (Å²) in [4.78, 5) is 44.5. The van der Waals surface area contributed by atoms with Gasteiger partial charge in [0.2, 0.25) is 5.91 Å². The van der Waals surface area contributed by atoms with Crippen molar-refractivity contribution >= 4 is 50.6 Å². The number of nitro groups is 1. The van der Waals surface area contributed by atoms with Crippen molar-refractivity contribution in [2.45, 2.75) is 45.2 Å². The average Bonchev–Trinajstić information content (AvgIpc) is 3.22. The molecule has 37 heavy (non-hydrogen) atoms. The molecule has 1 N–H and O–H groups in total. The number of hydrogen-bond acceptors (Lipinski definition) is 7. The summed E-state index contributed by atoms with van der Waals surface area (Å²) < 4.78 is 1.61. The maximum atomic E-state index is 13.9. The summed E-state index contributed by atoms with van der Waals surface area (Å²) in [7, 11) is 0. The normalized spacial score (nSPS) is 14.9. The second kappa shape index (κ2) is 10.1. The van der Waals surface area contributed by atoms with Gasteiger partial charge in [-0.1, -0.05) is 43.0 Å². The number of para-hydroxylation sites is 1. The number of aryl methyl sites for hydroxylation is 3. The number of fused-ring (bicyclic) bond motifs is 3. The fourth-order valence-corrected chi connectivity index (χ4v) is 6.94. The lowest BCUT2D eigenvalue weighted by atomic mass is 9.89. The van der Waals surface area contributed by atoms with E-state index < -0.39 is 10.8 Å². The first-order chi connectivity index (χ1) is 17.7. The first kappa shape index (κ1) is 25.2. The van der Waals surface area contributed by atoms with E-state index in [2.05, 4.69) is 12.2 Å². The van der Waals surface area contributed by atoms with Crippen molar-refractivity contribution in [3.05, 3.63) is 84.5 Å². The second-order valence-corrected chi connectivity index (χ2v) is 11.5. The molecule has 1 atom stereocenters. The lowest BCUT2D eigenvalue weighted by molar-refractivity contribution is -0.384. The lowest BCUT2D eigenvalue weighted by Crippen LogP contribution is -2.24. The van der Waals surface area contributed by atoms with Crippen molar-refractivity contribution in [1.82, 2.24) is 9.55 Å². The Morgan fingerprint density at radius 2 is 2.05 bits per heavy atom. The number of benzene rings is 2. The molecule has 0 bridgehead atoms. The van der Waals surface area contributed by atoms with Gasteiger partial charge < -0.3 is 5.32 Å². The lowest BCUT2D eigenvalue weighted by Gasteiger charge is -2.18. The fraction of sp³-hybridized carbons (Fsp3) is 0.296. The van der Waals surface area contributed by atoms with Gasteiger partial charge in [0, 0.05) is 10.9 Å². The van der Waals surface area contributed by atoms with Crippen LogP contribution in [0, 0.1) is 29.9 Å². The Balaban J connectivity index is 1.52. The molecule has 8 nitrogen and oxygen atoms in total. The number of carbonyl (C=O) groups is 1. The molecular formula is C27H26N4O4S2. The highest BCUT2D eigenvalue weighted by molar-refractivity contribution is 7.99. The minimum Gasteiger partial charge on any atom is -0.320 e. The van der Waals surface area contributed by atoms with Crippen LogP contribution in [0.5, 0.6) is 0 Å². The van der Waals surface area contributed by atoms with Gasteiger partial charge in [0.15, 0.2) is 5.16 Å². The van der Waals surface area contributed by atoms with Crippen LogP contribution in [0.1, 0.15) is 34.9 Å². The van der Waals surface area contributed by atoms with Crippen LogP contribution in [0.3, 0.4) is 0 Å². The van der Waals surface area contributed by atoms with Crippen LogP contribution in [-0.4, -0.2) is 26.1 Å². The molecule has 2 aromatic heterocycles. The van der Waals surface area contributed by atoms with Gasteiger partial charge in [0.1, 0.15) is 10.5 Å². The zero-order valence-corrected chi connectivity index (χ0v) is 22.4. The van der Waals surface area contributed by atoms with E-state index in [1.165, 1.54) is 17.0 Å². The molecule has 1 aliphatic rings. The van der Waals surface area contributed by atoms with E-state index in [0.29, 0.717) is 21.3 Å². The van der Waals surface area contributed by atoms with Gasteiger partial charge in [0.25, 0.3) is 11.2 Å². The van der Waals surface area contributed by atoms with Gasteiger partial charge in [-0.15, -0.1) is 11.3 Å². The van der Waals surface area contributed by atoms with Gasteiger partial charge in [0.05, 0.1) is 21.7 Å². The summed E-state index contributed by atoms with van der Waals surface area (Å²) in [6.07, 6.45) is 2.86. The maximum Gasteiger partial charge on any atom is 0.293 e. The van der Waals surface area contributed by atoms with E-state index in [-0.39, 0.29) is 22.7 Å². The Labute approximate surface area is 221 Å². The Morgan fingerprint density at radius 1 is 1.27 bits per heavy atom. The van der Waals surface area contributed by atoms with Crippen LogP contribution in [0.2, 0.25) is 0 Å². The summed E-state index contributed by atoms with van der Waals surface area (Å²) in [5.74, 6) is 0.0984. The molecule has 190 valence electrons. The Kier molecular flexibility index (Phi) is 6.87. The molecule has 10 heteroatoms. The number of nitrogens with one attached hydrogen (secondary N) is 1. The van der Waals surface area contributed by atoms with Crippen LogP contribution < -0.4 is 10.9 Å². The standard InChI is InChI=1S/C27H26N4O4S2/c1-15-9-11-19(21(12-15)31(34)35)28-23(32)14-36-27-29-25-24(18-10-8-16(2)13-22(18)37-25)26(33)30(27)20-7-5-4-6-17(20)3/h4-7,9,11-12,16H,8,10,13-14H2,1-3H3,(H,28,32). The van der Waals surface area contributed by atoms with Gasteiger partial charge in [-0.25, -0.2) is 4.98 Å². The van der Waals surface area contributed by atoms with E-state index in [9.17, 15) is 19.7 Å². The van der Waals surface area contributed by atoms with Gasteiger partial charge in [-0.3, -0.25) is 24.3 Å². The number of carbonyl (C=O) groups excluding carboxylic acids is 1. The topological polar surface area (TPSA) is 107 Å². The van der Waals surface area contributed by atoms with Crippen LogP contribution in [0.25, 0.3) is 15.9 Å². The minimum atomic E-state index is -0.513. The summed E-state index contributed by atoms with van der Waals surface area (Å²) in [6.45, 7) is 5.92. The monoisotopic (exact) mass is 534 g/mol. The molecule has 1 unspecified atom stereocenters. The highest BCUT2D eigenvalue weighted by Crippen LogP contribution is 2.37. The SMILES string of the molecule is Cc1ccc(NC(=O)CSc2nc3sc4c(c3c(=O)n2-c2ccccc2C)CCC(C)C4)c([N+](=O)[O-])c1. The Morgan fingerprint density at radius 3 is 2.81 bits per heavy atom. The third-order valence-electron chi connectivity index (χ3n) is 6.61. The van der Waals surface area contributed by atoms with Crippen molar-refractivity contribution in [3.8, 4) is 5.69 Å². The third-order valence-corrected chi connectivity index (χ3v) is 8.70. The van der Waals surface area contributed by atoms with Gasteiger partial charge in [-0.2, -0.15) is 0 Å². The largest absolute Gasteiger partial charge is 0.320 e. The summed E-state index contributed by atoms with van der Waals surface area (Å²) in [5, 5.41) is 15.2. The highest BCUT2D eigenvalue weighted by atomic mass is 32.2. The zero-order chi connectivity index (χ0) is 26.3. The molecule has 1 amide bonds. The molecule has 0 fully saturated rings. The first-order valence-corrected chi connectivity index (χ1v) is 13.8. The fourth-order valence-electron chi connectivity index (χ4n) is 4.71. The number of anilines is 1. The predicted molar refractivity (Wildman–Crippen MR) is 148 cm³/mol. The smallest absolute Gasteiger partial charge is 0.293 e. The molecule has 4 aromatic rings.